The van der Waals surface area contributed by atoms with Gasteiger partial charge in [-0.25, -0.2) is 4.39 Å². The monoisotopic (exact) mass is 799 g/mol. The third-order valence-electron chi connectivity index (χ3n) is 13.2. The molecule has 308 valence electrons. The SMILES string of the molecule is [2H]C1C=CN(c2ccc3c(ccn3C3CCN(CC4(F)CCN(C(=O)c5ccc(C6CCCN(c7cc(-c8ccccc8O)nnc7N)C6)c(C)c5)CC4)CC3)c2C)[C@@H]([2H])N1. The van der Waals surface area contributed by atoms with E-state index in [4.69, 9.17) is 8.48 Å². The summed E-state index contributed by atoms with van der Waals surface area (Å²) in [6.07, 6.45) is 10.3. The van der Waals surface area contributed by atoms with Gasteiger partial charge in [-0.1, -0.05) is 24.3 Å². The van der Waals surface area contributed by atoms with Crippen LogP contribution in [0.15, 0.2) is 85.2 Å². The summed E-state index contributed by atoms with van der Waals surface area (Å²) in [5.74, 6) is 0.695. The molecule has 4 N–H and O–H groups in total. The van der Waals surface area contributed by atoms with E-state index in [-0.39, 0.29) is 17.6 Å². The number of halogens is 1. The van der Waals surface area contributed by atoms with Crippen molar-refractivity contribution in [3.05, 3.63) is 107 Å². The van der Waals surface area contributed by atoms with E-state index in [1.807, 2.05) is 46.3 Å². The predicted octanol–water partition coefficient (Wildman–Crippen LogP) is 7.55. The van der Waals surface area contributed by atoms with Crippen LogP contribution in [0, 0.1) is 13.8 Å². The number of phenols is 1. The standard InChI is InChI=1S/C47H56FN9O2/c1-32-27-34(10-11-37(32)35-7-5-20-55(29-35)43-28-40(51-52-45(43)49)39-8-3-4-9-44(39)58)46(59)54-25-17-47(48,18-26-54)30-53-22-14-36(15-23-53)57-24-16-38-33(2)41(12-13-42(38)57)56-21-6-19-50-31-56/h3-4,6,8-13,16,21,24,27-28,35-36,50,58H,5,7,14-15,17-20,22-23,25-26,29-31H2,1-2H3,(H2,49,52)/i19D,31D/t19?,31-,35?/m0/s1. The molecule has 0 aliphatic carbocycles. The number of amides is 1. The minimum absolute atomic E-state index is 0.0403. The Bertz CT molecular complexity index is 2440. The summed E-state index contributed by atoms with van der Waals surface area (Å²) in [5.41, 5.74) is 13.2. The third kappa shape index (κ3) is 7.88. The first-order valence-electron chi connectivity index (χ1n) is 22.2. The van der Waals surface area contributed by atoms with Gasteiger partial charge >= 0.3 is 0 Å². The summed E-state index contributed by atoms with van der Waals surface area (Å²) in [6.45, 7) is 7.30. The van der Waals surface area contributed by atoms with Crippen LogP contribution in [0.2, 0.25) is 0 Å². The molecule has 4 aliphatic heterocycles. The minimum atomic E-state index is -1.33. The molecule has 2 aromatic heterocycles. The molecule has 0 spiro atoms. The highest BCUT2D eigenvalue weighted by Gasteiger charge is 2.39. The molecule has 0 saturated carbocycles. The van der Waals surface area contributed by atoms with Crippen LogP contribution in [0.5, 0.6) is 5.75 Å². The van der Waals surface area contributed by atoms with Crippen molar-refractivity contribution in [2.24, 2.45) is 0 Å². The number of fused-ring (bicyclic) bond motifs is 1. The number of hydrogen-bond acceptors (Lipinski definition) is 9. The third-order valence-corrected chi connectivity index (χ3v) is 13.2. The van der Waals surface area contributed by atoms with Gasteiger partial charge in [0.05, 0.1) is 19.4 Å². The predicted molar refractivity (Wildman–Crippen MR) is 234 cm³/mol. The maximum absolute atomic E-state index is 16.4. The first-order chi connectivity index (χ1) is 29.4. The zero-order chi connectivity index (χ0) is 42.4. The highest BCUT2D eigenvalue weighted by atomic mass is 19.1. The number of nitrogens with zero attached hydrogens (tertiary/aromatic N) is 7. The molecule has 11 nitrogen and oxygen atoms in total. The van der Waals surface area contributed by atoms with Crippen LogP contribution in [0.4, 0.5) is 21.6 Å². The largest absolute Gasteiger partial charge is 0.507 e. The van der Waals surface area contributed by atoms with Crippen molar-refractivity contribution in [3.63, 3.8) is 0 Å². The van der Waals surface area contributed by atoms with Crippen molar-refractivity contribution in [1.29, 1.82) is 0 Å². The molecule has 9 rings (SSSR count). The molecule has 2 unspecified atom stereocenters. The van der Waals surface area contributed by atoms with E-state index in [1.54, 1.807) is 18.2 Å². The number of aryl methyl sites for hydroxylation is 2. The van der Waals surface area contributed by atoms with Gasteiger partial charge < -0.3 is 35.0 Å². The van der Waals surface area contributed by atoms with E-state index >= 15 is 4.39 Å². The van der Waals surface area contributed by atoms with Gasteiger partial charge in [-0.2, -0.15) is 0 Å². The van der Waals surface area contributed by atoms with Crippen molar-refractivity contribution in [3.8, 4) is 17.0 Å². The first-order valence-corrected chi connectivity index (χ1v) is 21.1. The van der Waals surface area contributed by atoms with E-state index in [1.165, 1.54) is 11.1 Å². The topological polar surface area (TPSA) is 119 Å². The molecule has 3 fully saturated rings. The van der Waals surface area contributed by atoms with E-state index in [0.717, 1.165) is 79.8 Å². The number of alkyl halides is 1. The molecule has 3 aromatic carbocycles. The maximum Gasteiger partial charge on any atom is 0.253 e. The summed E-state index contributed by atoms with van der Waals surface area (Å²) < 4.78 is 35.1. The Kier molecular flexibility index (Phi) is 10.1. The Morgan fingerprint density at radius 1 is 0.983 bits per heavy atom. The molecule has 3 saturated heterocycles. The molecule has 3 atom stereocenters. The molecule has 12 heteroatoms. The number of nitrogens with one attached hydrogen (secondary N) is 1. The normalized spacial score (nSPS) is 23.4. The molecule has 0 bridgehead atoms. The Balaban J connectivity index is 0.781. The fourth-order valence-electron chi connectivity index (χ4n) is 9.87. The van der Waals surface area contributed by atoms with Gasteiger partial charge in [-0.15, -0.1) is 10.2 Å². The van der Waals surface area contributed by atoms with Gasteiger partial charge in [0.1, 0.15) is 11.4 Å². The van der Waals surface area contributed by atoms with E-state index < -0.39 is 18.8 Å². The molecule has 6 heterocycles. The molecule has 5 aromatic rings. The Morgan fingerprint density at radius 2 is 1.80 bits per heavy atom. The smallest absolute Gasteiger partial charge is 0.253 e. The molecule has 1 amide bonds. The number of para-hydroxylation sites is 1. The lowest BCUT2D eigenvalue weighted by atomic mass is 9.86. The molecule has 0 radical (unpaired) electrons. The second-order valence-electron chi connectivity index (χ2n) is 16.9. The molecular weight excluding hydrogens is 742 g/mol. The summed E-state index contributed by atoms with van der Waals surface area (Å²) in [4.78, 5) is 22.0. The minimum Gasteiger partial charge on any atom is -0.507 e. The van der Waals surface area contributed by atoms with Crippen LogP contribution in [-0.2, 0) is 0 Å². The van der Waals surface area contributed by atoms with Gasteiger partial charge in [-0.3, -0.25) is 10.1 Å². The fraction of sp³-hybridized carbons (Fsp3) is 0.426. The van der Waals surface area contributed by atoms with Crippen LogP contribution in [-0.4, -0.2) is 100 Å². The number of rotatable bonds is 8. The van der Waals surface area contributed by atoms with Crippen LogP contribution < -0.4 is 20.9 Å². The second kappa shape index (κ2) is 16.3. The average Bonchev–Trinajstić information content (AvgIpc) is 3.70. The summed E-state index contributed by atoms with van der Waals surface area (Å²) in [7, 11) is 0. The first kappa shape index (κ1) is 36.6. The number of nitrogen functional groups attached to an aromatic ring is 1. The number of aromatic hydroxyl groups is 1. The lowest BCUT2D eigenvalue weighted by molar-refractivity contribution is 0.0158. The van der Waals surface area contributed by atoms with E-state index in [9.17, 15) is 9.90 Å². The van der Waals surface area contributed by atoms with Gasteiger partial charge in [0.2, 0.25) is 0 Å². The number of hydrogen-bond donors (Lipinski definition) is 3. The van der Waals surface area contributed by atoms with Crippen LogP contribution in [0.3, 0.4) is 0 Å². The van der Waals surface area contributed by atoms with Crippen LogP contribution in [0.1, 0.15) is 80.3 Å². The number of piperidine rings is 3. The second-order valence-corrected chi connectivity index (χ2v) is 16.9. The van der Waals surface area contributed by atoms with Crippen molar-refractivity contribution in [2.75, 3.05) is 74.5 Å². The number of phenolic OH excluding ortho intramolecular Hbond substituents is 1. The summed E-state index contributed by atoms with van der Waals surface area (Å²) in [6, 6.07) is 21.7. The van der Waals surface area contributed by atoms with Crippen molar-refractivity contribution in [1.82, 2.24) is 29.9 Å². The van der Waals surface area contributed by atoms with Gasteiger partial charge in [0.25, 0.3) is 5.91 Å². The zero-order valence-electron chi connectivity index (χ0n) is 36.0. The highest BCUT2D eigenvalue weighted by molar-refractivity contribution is 5.94. The zero-order valence-corrected chi connectivity index (χ0v) is 34.0. The van der Waals surface area contributed by atoms with Crippen molar-refractivity contribution in [2.45, 2.75) is 70.0 Å². The number of carbonyl (C=O) groups excluding carboxylic acids is 1. The molecular formula is C47H56FN9O2. The average molecular weight is 800 g/mol. The lowest BCUT2D eigenvalue weighted by Crippen LogP contribution is -2.51. The number of carbonyl (C=O) groups is 1. The number of likely N-dealkylation sites (tertiary alicyclic amines) is 2. The van der Waals surface area contributed by atoms with Gasteiger partial charge in [-0.05, 0) is 105 Å². The lowest BCUT2D eigenvalue weighted by Gasteiger charge is -2.41. The molecule has 59 heavy (non-hydrogen) atoms. The van der Waals surface area contributed by atoms with E-state index in [2.05, 4.69) is 74.2 Å². The van der Waals surface area contributed by atoms with Crippen LogP contribution in [0.25, 0.3) is 22.2 Å². The number of benzene rings is 3. The highest BCUT2D eigenvalue weighted by Crippen LogP contribution is 2.38. The summed E-state index contributed by atoms with van der Waals surface area (Å²) in [5, 5.41) is 23.0. The van der Waals surface area contributed by atoms with Crippen molar-refractivity contribution < 1.29 is 17.0 Å². The fourth-order valence-corrected chi connectivity index (χ4v) is 9.87. The summed E-state index contributed by atoms with van der Waals surface area (Å²) >= 11 is 0. The Morgan fingerprint density at radius 3 is 2.58 bits per heavy atom. The number of nitrogens with two attached hydrogens (primary N) is 1. The van der Waals surface area contributed by atoms with Crippen LogP contribution >= 0.6 is 0 Å². The van der Waals surface area contributed by atoms with Gasteiger partial charge in [0.15, 0.2) is 5.82 Å². The quantitative estimate of drug-likeness (QED) is 0.146. The number of anilines is 3. The number of aromatic nitrogens is 3. The van der Waals surface area contributed by atoms with Crippen molar-refractivity contribution >= 4 is 34.0 Å². The Labute approximate surface area is 349 Å². The molecule has 4 aliphatic rings. The maximum atomic E-state index is 16.4. The van der Waals surface area contributed by atoms with Gasteiger partial charge in [0, 0.05) is 119 Å². The van der Waals surface area contributed by atoms with E-state index in [0.29, 0.717) is 61.2 Å². The Hall–Kier alpha value is -5.46.